The molecule has 2 aromatic carbocycles. The van der Waals surface area contributed by atoms with E-state index in [-0.39, 0.29) is 22.7 Å². The van der Waals surface area contributed by atoms with Gasteiger partial charge in [0.05, 0.1) is 11.4 Å². The molecule has 0 fully saturated rings. The van der Waals surface area contributed by atoms with Crippen LogP contribution in [0.5, 0.6) is 5.75 Å². The number of nitrogens with zero attached hydrogens (tertiary/aromatic N) is 2. The summed E-state index contributed by atoms with van der Waals surface area (Å²) in [4.78, 5) is 24.2. The van der Waals surface area contributed by atoms with Gasteiger partial charge in [0, 0.05) is 6.07 Å². The highest BCUT2D eigenvalue weighted by Crippen LogP contribution is 2.21. The summed E-state index contributed by atoms with van der Waals surface area (Å²) in [5.41, 5.74) is 0.568. The van der Waals surface area contributed by atoms with Gasteiger partial charge in [0.1, 0.15) is 11.4 Å². The minimum Gasteiger partial charge on any atom is -0.506 e. The van der Waals surface area contributed by atoms with E-state index in [9.17, 15) is 14.7 Å². The van der Waals surface area contributed by atoms with E-state index in [0.717, 1.165) is 4.68 Å². The molecule has 0 aliphatic heterocycles. The number of para-hydroxylation sites is 3. The standard InChI is InChI=1S/C17H13N3O3/c21-15-9-5-4-8-13(15)18-17(23)14-10-11-16(22)20(19-14)12-6-2-1-3-7-12/h1-11,21H,(H,18,23). The number of amides is 1. The lowest BCUT2D eigenvalue weighted by Gasteiger charge is -2.08. The first-order chi connectivity index (χ1) is 11.1. The van der Waals surface area contributed by atoms with Crippen LogP contribution in [0.3, 0.4) is 0 Å². The van der Waals surface area contributed by atoms with Crippen LogP contribution in [-0.2, 0) is 0 Å². The van der Waals surface area contributed by atoms with Gasteiger partial charge in [-0.3, -0.25) is 9.59 Å². The number of aromatic hydroxyl groups is 1. The summed E-state index contributed by atoms with van der Waals surface area (Å²) in [5.74, 6) is -0.562. The number of rotatable bonds is 3. The van der Waals surface area contributed by atoms with Crippen molar-refractivity contribution in [2.24, 2.45) is 0 Å². The van der Waals surface area contributed by atoms with E-state index in [2.05, 4.69) is 10.4 Å². The molecule has 1 aromatic heterocycles. The monoisotopic (exact) mass is 307 g/mol. The van der Waals surface area contributed by atoms with Crippen LogP contribution >= 0.6 is 0 Å². The van der Waals surface area contributed by atoms with E-state index in [1.54, 1.807) is 42.5 Å². The molecule has 23 heavy (non-hydrogen) atoms. The molecule has 0 unspecified atom stereocenters. The number of phenols is 1. The van der Waals surface area contributed by atoms with Crippen molar-refractivity contribution in [2.45, 2.75) is 0 Å². The van der Waals surface area contributed by atoms with E-state index in [1.165, 1.54) is 18.2 Å². The zero-order chi connectivity index (χ0) is 16.2. The number of nitrogens with one attached hydrogen (secondary N) is 1. The zero-order valence-electron chi connectivity index (χ0n) is 12.0. The first kappa shape index (κ1) is 14.5. The molecule has 0 aliphatic rings. The summed E-state index contributed by atoms with van der Waals surface area (Å²) >= 11 is 0. The van der Waals surface area contributed by atoms with Crippen molar-refractivity contribution in [3.8, 4) is 11.4 Å². The predicted molar refractivity (Wildman–Crippen MR) is 85.9 cm³/mol. The fourth-order valence-electron chi connectivity index (χ4n) is 2.05. The van der Waals surface area contributed by atoms with Crippen LogP contribution in [0.4, 0.5) is 5.69 Å². The third-order valence-corrected chi connectivity index (χ3v) is 3.19. The molecule has 6 nitrogen and oxygen atoms in total. The number of aromatic nitrogens is 2. The predicted octanol–water partition coefficient (Wildman–Crippen LogP) is 2.19. The number of hydrogen-bond donors (Lipinski definition) is 2. The Morgan fingerprint density at radius 2 is 1.65 bits per heavy atom. The fourth-order valence-corrected chi connectivity index (χ4v) is 2.05. The Labute approximate surface area is 131 Å². The molecule has 0 atom stereocenters. The molecule has 2 N–H and O–H groups in total. The van der Waals surface area contributed by atoms with E-state index in [1.807, 2.05) is 6.07 Å². The van der Waals surface area contributed by atoms with Crippen molar-refractivity contribution < 1.29 is 9.90 Å². The summed E-state index contributed by atoms with van der Waals surface area (Å²) < 4.78 is 1.15. The molecule has 114 valence electrons. The lowest BCUT2D eigenvalue weighted by atomic mass is 10.2. The molecule has 0 saturated carbocycles. The van der Waals surface area contributed by atoms with Crippen molar-refractivity contribution in [3.63, 3.8) is 0 Å². The second-order valence-corrected chi connectivity index (χ2v) is 4.78. The average molecular weight is 307 g/mol. The lowest BCUT2D eigenvalue weighted by Crippen LogP contribution is -2.24. The van der Waals surface area contributed by atoms with Crippen LogP contribution in [0.25, 0.3) is 5.69 Å². The van der Waals surface area contributed by atoms with Crippen LogP contribution in [0, 0.1) is 0 Å². The van der Waals surface area contributed by atoms with Crippen molar-refractivity contribution >= 4 is 11.6 Å². The number of carbonyl (C=O) groups excluding carboxylic acids is 1. The lowest BCUT2D eigenvalue weighted by molar-refractivity contribution is 0.102. The highest BCUT2D eigenvalue weighted by molar-refractivity contribution is 6.03. The Balaban J connectivity index is 1.93. The third-order valence-electron chi connectivity index (χ3n) is 3.19. The van der Waals surface area contributed by atoms with Gasteiger partial charge in [0.15, 0.2) is 0 Å². The minimum atomic E-state index is -0.517. The molecule has 0 bridgehead atoms. The first-order valence-corrected chi connectivity index (χ1v) is 6.90. The van der Waals surface area contributed by atoms with Crippen molar-refractivity contribution in [3.05, 3.63) is 82.8 Å². The third kappa shape index (κ3) is 3.11. The van der Waals surface area contributed by atoms with Gasteiger partial charge < -0.3 is 10.4 Å². The minimum absolute atomic E-state index is 0.0442. The second kappa shape index (κ2) is 6.15. The Kier molecular flexibility index (Phi) is 3.88. The maximum absolute atomic E-state index is 12.3. The first-order valence-electron chi connectivity index (χ1n) is 6.90. The summed E-state index contributed by atoms with van der Waals surface area (Å²) in [5, 5.41) is 16.3. The van der Waals surface area contributed by atoms with E-state index in [4.69, 9.17) is 0 Å². The quantitative estimate of drug-likeness (QED) is 0.726. The second-order valence-electron chi connectivity index (χ2n) is 4.78. The van der Waals surface area contributed by atoms with Gasteiger partial charge in [0.2, 0.25) is 0 Å². The zero-order valence-corrected chi connectivity index (χ0v) is 12.0. The van der Waals surface area contributed by atoms with Gasteiger partial charge in [-0.15, -0.1) is 0 Å². The fraction of sp³-hybridized carbons (Fsp3) is 0. The molecule has 6 heteroatoms. The Morgan fingerprint density at radius 1 is 0.957 bits per heavy atom. The normalized spacial score (nSPS) is 10.3. The molecule has 0 spiro atoms. The van der Waals surface area contributed by atoms with Crippen molar-refractivity contribution in [1.29, 1.82) is 0 Å². The largest absolute Gasteiger partial charge is 0.506 e. The van der Waals surface area contributed by atoms with E-state index < -0.39 is 5.91 Å². The van der Waals surface area contributed by atoms with Gasteiger partial charge in [0.25, 0.3) is 11.5 Å². The molecule has 3 rings (SSSR count). The van der Waals surface area contributed by atoms with Crippen LogP contribution in [0.1, 0.15) is 10.5 Å². The highest BCUT2D eigenvalue weighted by atomic mass is 16.3. The number of anilines is 1. The van der Waals surface area contributed by atoms with E-state index in [0.29, 0.717) is 5.69 Å². The smallest absolute Gasteiger partial charge is 0.276 e. The summed E-state index contributed by atoms with van der Waals surface area (Å²) in [7, 11) is 0. The molecule has 1 heterocycles. The Morgan fingerprint density at radius 3 is 2.39 bits per heavy atom. The van der Waals surface area contributed by atoms with Crippen LogP contribution in [0.2, 0.25) is 0 Å². The van der Waals surface area contributed by atoms with Crippen molar-refractivity contribution in [1.82, 2.24) is 9.78 Å². The molecule has 1 amide bonds. The number of carbonyl (C=O) groups is 1. The summed E-state index contributed by atoms with van der Waals surface area (Å²) in [6.45, 7) is 0. The summed E-state index contributed by atoms with van der Waals surface area (Å²) in [6, 6.07) is 17.8. The molecule has 0 aliphatic carbocycles. The maximum atomic E-state index is 12.3. The molecular weight excluding hydrogens is 294 g/mol. The van der Waals surface area contributed by atoms with E-state index >= 15 is 0 Å². The number of phenolic OH excluding ortho intramolecular Hbond substituents is 1. The maximum Gasteiger partial charge on any atom is 0.276 e. The van der Waals surface area contributed by atoms with Gasteiger partial charge in [-0.05, 0) is 30.3 Å². The molecule has 0 radical (unpaired) electrons. The Bertz CT molecular complexity index is 904. The molecule has 3 aromatic rings. The summed E-state index contributed by atoms with van der Waals surface area (Å²) in [6.07, 6.45) is 0. The van der Waals surface area contributed by atoms with Crippen LogP contribution < -0.4 is 10.9 Å². The molecular formula is C17H13N3O3. The Hall–Kier alpha value is -3.41. The number of benzene rings is 2. The topological polar surface area (TPSA) is 84.2 Å². The van der Waals surface area contributed by atoms with Gasteiger partial charge in [-0.25, -0.2) is 0 Å². The van der Waals surface area contributed by atoms with Crippen LogP contribution in [-0.4, -0.2) is 20.8 Å². The SMILES string of the molecule is O=C(Nc1ccccc1O)c1ccc(=O)n(-c2ccccc2)n1. The van der Waals surface area contributed by atoms with Gasteiger partial charge >= 0.3 is 0 Å². The van der Waals surface area contributed by atoms with Gasteiger partial charge in [-0.1, -0.05) is 30.3 Å². The van der Waals surface area contributed by atoms with Crippen molar-refractivity contribution in [2.75, 3.05) is 5.32 Å². The van der Waals surface area contributed by atoms with Gasteiger partial charge in [-0.2, -0.15) is 9.78 Å². The molecule has 0 saturated heterocycles. The average Bonchev–Trinajstić information content (AvgIpc) is 2.58. The number of hydrogen-bond acceptors (Lipinski definition) is 4. The highest BCUT2D eigenvalue weighted by Gasteiger charge is 2.12. The van der Waals surface area contributed by atoms with Crippen LogP contribution in [0.15, 0.2) is 71.5 Å².